The van der Waals surface area contributed by atoms with Crippen molar-refractivity contribution in [1.82, 2.24) is 9.80 Å². The van der Waals surface area contributed by atoms with Crippen molar-refractivity contribution in [2.24, 2.45) is 21.5 Å². The number of ether oxygens (including phenoxy) is 2. The number of carbonyl (C=O) groups excluding carboxylic acids is 2. The minimum absolute atomic E-state index is 0.106. The van der Waals surface area contributed by atoms with Gasteiger partial charge in [-0.05, 0) is 80.7 Å². The van der Waals surface area contributed by atoms with Crippen LogP contribution in [-0.2, 0) is 20.7 Å². The molecular formula is C42H42BBrN8O6. The molecule has 4 aromatic rings. The predicted octanol–water partition coefficient (Wildman–Crippen LogP) is 5.36. The lowest BCUT2D eigenvalue weighted by Gasteiger charge is -2.41. The Bertz CT molecular complexity index is 2480. The van der Waals surface area contributed by atoms with Crippen molar-refractivity contribution >= 4 is 63.6 Å². The topological polar surface area (TPSA) is 185 Å². The lowest BCUT2D eigenvalue weighted by Crippen LogP contribution is -2.49. The molecule has 14 nitrogen and oxygen atoms in total. The second kappa shape index (κ2) is 15.3. The van der Waals surface area contributed by atoms with Gasteiger partial charge >= 0.3 is 7.12 Å². The maximum atomic E-state index is 13.1. The molecule has 6 N–H and O–H groups in total. The highest BCUT2D eigenvalue weighted by Crippen LogP contribution is 2.51. The van der Waals surface area contributed by atoms with Gasteiger partial charge in [-0.15, -0.1) is 0 Å². The molecule has 0 radical (unpaired) electrons. The van der Waals surface area contributed by atoms with E-state index in [9.17, 15) is 9.59 Å². The highest BCUT2D eigenvalue weighted by Gasteiger charge is 2.57. The number of amides is 2. The standard InChI is InChI=1S/C21H20N4O2.C14H16BrN3O2.C7H6BNO2/c1-20(2)12-21(18(26)25(4)19(22)24-21)16-11-14(8-9-17(16)27-20)13-6-5-7-15(10-13)23-3;1-13(2)7-14(11(19)18(3)12(16)17-14)9-6-8(15)4-5-10(9)20-13;1-9-7-4-2-3-6(5-7)8(10)11/h5-11H,12H2,1-2,4H3,(H2,22,24);4-6H,7H2,1-3H3,(H2,16,17);2-5,10-11H. The number of nitrogens with zero attached hydrogens (tertiary/aromatic N) is 6. The van der Waals surface area contributed by atoms with Gasteiger partial charge in [0, 0.05) is 42.5 Å². The lowest BCUT2D eigenvalue weighted by atomic mass is 9.77. The van der Waals surface area contributed by atoms with Crippen molar-refractivity contribution in [3.63, 3.8) is 0 Å². The third-order valence-corrected chi connectivity index (χ3v) is 10.7. The molecule has 0 fully saturated rings. The largest absolute Gasteiger partial charge is 0.487 e. The van der Waals surface area contributed by atoms with Gasteiger partial charge in [0.25, 0.3) is 11.8 Å². The highest BCUT2D eigenvalue weighted by molar-refractivity contribution is 9.10. The SMILES string of the molecule is CN1C(=O)C2(CC(C)(C)Oc3ccc(Br)cc32)N=C1N.[C-]#[N+]c1cccc(-c2ccc3c(c2)C2(CC(C)(C)O3)N=C(N)N(C)C2=O)c1.[C-]#[N+]c1cccc(B(O)O)c1. The molecule has 296 valence electrons. The van der Waals surface area contributed by atoms with E-state index in [1.165, 1.54) is 15.9 Å². The number of nitrogens with two attached hydrogens (primary N) is 2. The van der Waals surface area contributed by atoms with Crippen molar-refractivity contribution in [3.05, 3.63) is 123 Å². The van der Waals surface area contributed by atoms with Crippen molar-refractivity contribution in [1.29, 1.82) is 0 Å². The molecule has 0 saturated carbocycles. The molecule has 0 saturated heterocycles. The Kier molecular flexibility index (Phi) is 10.9. The molecule has 2 unspecified atom stereocenters. The molecule has 16 heteroatoms. The van der Waals surface area contributed by atoms with E-state index in [4.69, 9.17) is 44.1 Å². The van der Waals surface area contributed by atoms with E-state index in [1.54, 1.807) is 38.4 Å². The van der Waals surface area contributed by atoms with Crippen LogP contribution in [0.5, 0.6) is 11.5 Å². The van der Waals surface area contributed by atoms with Gasteiger partial charge in [-0.3, -0.25) is 19.4 Å². The molecule has 2 amide bonds. The first-order chi connectivity index (χ1) is 27.2. The van der Waals surface area contributed by atoms with Crippen molar-refractivity contribution < 1.29 is 29.1 Å². The van der Waals surface area contributed by atoms with Gasteiger partial charge in [0.2, 0.25) is 0 Å². The van der Waals surface area contributed by atoms with Crippen LogP contribution in [0.2, 0.25) is 0 Å². The van der Waals surface area contributed by atoms with Gasteiger partial charge in [0.1, 0.15) is 22.7 Å². The Morgan fingerprint density at radius 2 is 1.17 bits per heavy atom. The Balaban J connectivity index is 0.000000160. The summed E-state index contributed by atoms with van der Waals surface area (Å²) >= 11 is 3.44. The fourth-order valence-electron chi connectivity index (χ4n) is 7.62. The number of guanidine groups is 2. The number of hydrogen-bond donors (Lipinski definition) is 4. The van der Waals surface area contributed by atoms with E-state index >= 15 is 0 Å². The van der Waals surface area contributed by atoms with Gasteiger partial charge in [0.15, 0.2) is 34.4 Å². The number of likely N-dealkylation sites (N-methyl/N-ethyl adjacent to an activating group) is 2. The van der Waals surface area contributed by atoms with Gasteiger partial charge in [-0.1, -0.05) is 64.5 Å². The highest BCUT2D eigenvalue weighted by atomic mass is 79.9. The van der Waals surface area contributed by atoms with Crippen LogP contribution < -0.4 is 26.4 Å². The molecule has 0 aliphatic carbocycles. The number of halogens is 1. The van der Waals surface area contributed by atoms with Gasteiger partial charge < -0.3 is 31.0 Å². The van der Waals surface area contributed by atoms with Crippen LogP contribution in [-0.4, -0.2) is 76.0 Å². The number of carbonyl (C=O) groups is 2. The number of benzene rings is 4. The summed E-state index contributed by atoms with van der Waals surface area (Å²) in [5.41, 5.74) is 13.4. The molecule has 0 aromatic heterocycles. The minimum Gasteiger partial charge on any atom is -0.487 e. The smallest absolute Gasteiger partial charge is 0.487 e. The van der Waals surface area contributed by atoms with Crippen LogP contribution in [0, 0.1) is 13.1 Å². The van der Waals surface area contributed by atoms with Crippen molar-refractivity contribution in [3.8, 4) is 22.6 Å². The average molecular weight is 846 g/mol. The first-order valence-electron chi connectivity index (χ1n) is 18.2. The summed E-state index contributed by atoms with van der Waals surface area (Å²) in [5, 5.41) is 17.4. The molecule has 8 rings (SSSR count). The van der Waals surface area contributed by atoms with Crippen LogP contribution >= 0.6 is 15.9 Å². The van der Waals surface area contributed by atoms with Gasteiger partial charge in [0.05, 0.1) is 13.1 Å². The Morgan fingerprint density at radius 3 is 1.66 bits per heavy atom. The number of fused-ring (bicyclic) bond motifs is 4. The van der Waals surface area contributed by atoms with E-state index in [2.05, 4.69) is 35.6 Å². The van der Waals surface area contributed by atoms with Crippen LogP contribution in [0.15, 0.2) is 99.4 Å². The summed E-state index contributed by atoms with van der Waals surface area (Å²) in [6.45, 7) is 21.7. The summed E-state index contributed by atoms with van der Waals surface area (Å²) in [6.07, 6.45) is 0.871. The third-order valence-electron chi connectivity index (χ3n) is 10.2. The maximum Gasteiger partial charge on any atom is 0.487 e. The zero-order valence-corrected chi connectivity index (χ0v) is 34.4. The normalized spacial score (nSPS) is 21.7. The molecule has 58 heavy (non-hydrogen) atoms. The molecule has 2 spiro atoms. The van der Waals surface area contributed by atoms with E-state index in [1.807, 2.05) is 82.3 Å². The first-order valence-corrected chi connectivity index (χ1v) is 18.9. The van der Waals surface area contributed by atoms with Crippen LogP contribution in [0.25, 0.3) is 20.8 Å². The zero-order valence-electron chi connectivity index (χ0n) is 32.8. The fourth-order valence-corrected chi connectivity index (χ4v) is 7.98. The average Bonchev–Trinajstić information content (AvgIpc) is 3.52. The Hall–Kier alpha value is -6.20. The van der Waals surface area contributed by atoms with E-state index < -0.39 is 29.4 Å². The fraction of sp³-hybridized carbons (Fsp3) is 0.286. The monoisotopic (exact) mass is 844 g/mol. The van der Waals surface area contributed by atoms with Crippen molar-refractivity contribution in [2.75, 3.05) is 14.1 Å². The van der Waals surface area contributed by atoms with Crippen LogP contribution in [0.3, 0.4) is 0 Å². The van der Waals surface area contributed by atoms with Crippen LogP contribution in [0.1, 0.15) is 51.7 Å². The predicted molar refractivity (Wildman–Crippen MR) is 226 cm³/mol. The lowest BCUT2D eigenvalue weighted by molar-refractivity contribution is -0.134. The molecule has 4 aliphatic rings. The summed E-state index contributed by atoms with van der Waals surface area (Å²) in [5.74, 6) is 1.53. The second-order valence-corrected chi connectivity index (χ2v) is 16.5. The molecule has 2 atom stereocenters. The third kappa shape index (κ3) is 7.74. The van der Waals surface area contributed by atoms with Gasteiger partial charge in [-0.2, -0.15) is 0 Å². The summed E-state index contributed by atoms with van der Waals surface area (Å²) in [6, 6.07) is 25.0. The minimum atomic E-state index is -1.49. The maximum absolute atomic E-state index is 13.1. The second-order valence-electron chi connectivity index (χ2n) is 15.6. The molecule has 0 bridgehead atoms. The summed E-state index contributed by atoms with van der Waals surface area (Å²) in [7, 11) is 1.80. The summed E-state index contributed by atoms with van der Waals surface area (Å²) in [4.78, 5) is 44.4. The van der Waals surface area contributed by atoms with Gasteiger partial charge in [-0.25, -0.2) is 19.7 Å². The number of hydrogen-bond acceptors (Lipinski definition) is 10. The van der Waals surface area contributed by atoms with E-state index in [0.29, 0.717) is 46.7 Å². The molecular weight excluding hydrogens is 803 g/mol. The molecule has 4 aromatic carbocycles. The van der Waals surface area contributed by atoms with E-state index in [-0.39, 0.29) is 23.7 Å². The quantitative estimate of drug-likeness (QED) is 0.154. The van der Waals surface area contributed by atoms with E-state index in [0.717, 1.165) is 21.2 Å². The Labute approximate surface area is 345 Å². The Morgan fingerprint density at radius 1 is 0.707 bits per heavy atom. The first kappa shape index (κ1) is 41.4. The summed E-state index contributed by atoms with van der Waals surface area (Å²) < 4.78 is 13.0. The number of aliphatic imine (C=N–C) groups is 2. The molecule has 4 heterocycles. The number of rotatable bonds is 2. The van der Waals surface area contributed by atoms with Crippen molar-refractivity contribution in [2.45, 2.75) is 62.8 Å². The molecule has 4 aliphatic heterocycles. The van der Waals surface area contributed by atoms with Crippen LogP contribution in [0.4, 0.5) is 11.4 Å². The zero-order chi connectivity index (χ0) is 42.4.